The second-order valence-corrected chi connectivity index (χ2v) is 9.61. The molecule has 4 rings (SSSR count). The van der Waals surface area contributed by atoms with E-state index in [0.717, 1.165) is 38.5 Å². The quantitative estimate of drug-likeness (QED) is 0.391. The SMILES string of the molecule is COC(=O)[C@H]1C(=O)C2=C(C[C@@H]1C)NC(C)=C(C(=O)OC1CCCCCC1)[C@@H]2c1cccc(F)c1. The first kappa shape index (κ1) is 24.2. The van der Waals surface area contributed by atoms with Crippen LogP contribution in [0.4, 0.5) is 4.39 Å². The van der Waals surface area contributed by atoms with Crippen molar-refractivity contribution in [3.63, 3.8) is 0 Å². The monoisotopic (exact) mass is 469 g/mol. The number of carbonyl (C=O) groups is 3. The van der Waals surface area contributed by atoms with Gasteiger partial charge in [-0.15, -0.1) is 0 Å². The Balaban J connectivity index is 1.77. The number of methoxy groups -OCH3 is 1. The van der Waals surface area contributed by atoms with E-state index in [0.29, 0.717) is 34.5 Å². The Morgan fingerprint density at radius 3 is 2.47 bits per heavy atom. The third kappa shape index (κ3) is 4.65. The summed E-state index contributed by atoms with van der Waals surface area (Å²) in [4.78, 5) is 39.7. The molecule has 182 valence electrons. The summed E-state index contributed by atoms with van der Waals surface area (Å²) >= 11 is 0. The summed E-state index contributed by atoms with van der Waals surface area (Å²) in [7, 11) is 1.26. The molecule has 1 aromatic rings. The first-order valence-corrected chi connectivity index (χ1v) is 12.1. The molecule has 1 heterocycles. The van der Waals surface area contributed by atoms with E-state index >= 15 is 0 Å². The number of benzene rings is 1. The summed E-state index contributed by atoms with van der Waals surface area (Å²) < 4.78 is 25.1. The third-order valence-corrected chi connectivity index (χ3v) is 7.22. The minimum absolute atomic E-state index is 0.177. The van der Waals surface area contributed by atoms with Gasteiger partial charge in [0.1, 0.15) is 17.8 Å². The highest BCUT2D eigenvalue weighted by molar-refractivity contribution is 6.12. The van der Waals surface area contributed by atoms with Gasteiger partial charge in [-0.2, -0.15) is 0 Å². The molecule has 0 bridgehead atoms. The smallest absolute Gasteiger partial charge is 0.337 e. The van der Waals surface area contributed by atoms with Gasteiger partial charge in [0.2, 0.25) is 0 Å². The van der Waals surface area contributed by atoms with E-state index in [1.807, 2.05) is 6.92 Å². The van der Waals surface area contributed by atoms with E-state index < -0.39 is 35.4 Å². The predicted molar refractivity (Wildman–Crippen MR) is 124 cm³/mol. The highest BCUT2D eigenvalue weighted by Crippen LogP contribution is 2.45. The van der Waals surface area contributed by atoms with E-state index in [9.17, 15) is 18.8 Å². The van der Waals surface area contributed by atoms with E-state index in [4.69, 9.17) is 9.47 Å². The van der Waals surface area contributed by atoms with Gasteiger partial charge in [0.05, 0.1) is 12.7 Å². The van der Waals surface area contributed by atoms with Crippen molar-refractivity contribution in [2.24, 2.45) is 11.8 Å². The second-order valence-electron chi connectivity index (χ2n) is 9.61. The maximum Gasteiger partial charge on any atom is 0.337 e. The number of Topliss-reactive ketones (excluding diaryl/α,β-unsaturated/α-hetero) is 1. The number of allylic oxidation sites excluding steroid dienone is 3. The molecule has 6 nitrogen and oxygen atoms in total. The molecule has 1 saturated carbocycles. The number of esters is 2. The number of ether oxygens (including phenoxy) is 2. The summed E-state index contributed by atoms with van der Waals surface area (Å²) in [5, 5.41) is 3.24. The molecule has 2 aliphatic carbocycles. The van der Waals surface area contributed by atoms with Crippen molar-refractivity contribution in [1.29, 1.82) is 0 Å². The number of dihydropyridines is 1. The molecule has 0 aromatic heterocycles. The summed E-state index contributed by atoms with van der Waals surface area (Å²) in [6.45, 7) is 3.61. The fraction of sp³-hybridized carbons (Fsp3) is 0.519. The van der Waals surface area contributed by atoms with Gasteiger partial charge in [0.25, 0.3) is 0 Å². The second kappa shape index (κ2) is 10.1. The van der Waals surface area contributed by atoms with Crippen LogP contribution < -0.4 is 5.32 Å². The molecule has 3 aliphatic rings. The molecule has 1 fully saturated rings. The molecular weight excluding hydrogens is 437 g/mol. The summed E-state index contributed by atoms with van der Waals surface area (Å²) in [5.74, 6) is -4.03. The van der Waals surface area contributed by atoms with Crippen LogP contribution in [-0.2, 0) is 23.9 Å². The highest BCUT2D eigenvalue weighted by Gasteiger charge is 2.47. The predicted octanol–water partition coefficient (Wildman–Crippen LogP) is 4.70. The van der Waals surface area contributed by atoms with Crippen LogP contribution in [-0.4, -0.2) is 30.9 Å². The van der Waals surface area contributed by atoms with E-state index in [1.165, 1.54) is 19.2 Å². The van der Waals surface area contributed by atoms with Crippen LogP contribution >= 0.6 is 0 Å². The highest BCUT2D eigenvalue weighted by atomic mass is 19.1. The van der Waals surface area contributed by atoms with Crippen LogP contribution in [0.3, 0.4) is 0 Å². The Morgan fingerprint density at radius 2 is 1.82 bits per heavy atom. The van der Waals surface area contributed by atoms with Crippen molar-refractivity contribution in [1.82, 2.24) is 5.32 Å². The summed E-state index contributed by atoms with van der Waals surface area (Å²) in [6, 6.07) is 5.92. The number of halogens is 1. The lowest BCUT2D eigenvalue weighted by Crippen LogP contribution is -2.43. The molecule has 0 amide bonds. The van der Waals surface area contributed by atoms with E-state index in [1.54, 1.807) is 19.1 Å². The molecule has 0 unspecified atom stereocenters. The maximum absolute atomic E-state index is 14.3. The van der Waals surface area contributed by atoms with Crippen molar-refractivity contribution in [2.45, 2.75) is 70.8 Å². The van der Waals surface area contributed by atoms with Crippen molar-refractivity contribution < 1.29 is 28.2 Å². The molecule has 0 spiro atoms. The zero-order chi connectivity index (χ0) is 24.4. The normalized spacial score (nSPS) is 25.9. The third-order valence-electron chi connectivity index (χ3n) is 7.22. The van der Waals surface area contributed by atoms with Gasteiger partial charge in [-0.3, -0.25) is 9.59 Å². The average Bonchev–Trinajstić information content (AvgIpc) is 3.06. The molecule has 0 radical (unpaired) electrons. The standard InChI is InChI=1S/C27H32FNO5/c1-15-13-20-24(25(30)21(15)26(31)33-3)23(17-9-8-10-18(28)14-17)22(16(2)29-20)27(32)34-19-11-6-4-5-7-12-19/h8-10,14-15,19,21,23,29H,4-7,11-13H2,1-3H3/t15-,21+,23-/m0/s1. The van der Waals surface area contributed by atoms with Crippen molar-refractivity contribution in [3.05, 3.63) is 58.2 Å². The molecule has 0 saturated heterocycles. The minimum Gasteiger partial charge on any atom is -0.468 e. The lowest BCUT2D eigenvalue weighted by atomic mass is 9.69. The first-order valence-electron chi connectivity index (χ1n) is 12.1. The largest absolute Gasteiger partial charge is 0.468 e. The fourth-order valence-electron chi connectivity index (χ4n) is 5.55. The van der Waals surface area contributed by atoms with E-state index in [-0.39, 0.29) is 12.0 Å². The molecule has 1 aromatic carbocycles. The zero-order valence-corrected chi connectivity index (χ0v) is 20.0. The van der Waals surface area contributed by atoms with Crippen LogP contribution in [0.5, 0.6) is 0 Å². The number of rotatable bonds is 4. The molecular formula is C27H32FNO5. The molecule has 1 N–H and O–H groups in total. The Hall–Kier alpha value is -2.96. The summed E-state index contributed by atoms with van der Waals surface area (Å²) in [6.07, 6.45) is 6.15. The van der Waals surface area contributed by atoms with Crippen LogP contribution in [0, 0.1) is 17.7 Å². The Bertz CT molecular complexity index is 1050. The lowest BCUT2D eigenvalue weighted by Gasteiger charge is -2.38. The van der Waals surface area contributed by atoms with Crippen molar-refractivity contribution >= 4 is 17.7 Å². The number of hydrogen-bond donors (Lipinski definition) is 1. The van der Waals surface area contributed by atoms with Crippen LogP contribution in [0.25, 0.3) is 0 Å². The average molecular weight is 470 g/mol. The van der Waals surface area contributed by atoms with Gasteiger partial charge in [-0.05, 0) is 62.6 Å². The number of carbonyl (C=O) groups excluding carboxylic acids is 3. The van der Waals surface area contributed by atoms with Gasteiger partial charge < -0.3 is 14.8 Å². The molecule has 3 atom stereocenters. The molecule has 1 aliphatic heterocycles. The first-order chi connectivity index (χ1) is 16.3. The van der Waals surface area contributed by atoms with Crippen molar-refractivity contribution in [2.75, 3.05) is 7.11 Å². The fourth-order valence-corrected chi connectivity index (χ4v) is 5.55. The lowest BCUT2D eigenvalue weighted by molar-refractivity contribution is -0.151. The van der Waals surface area contributed by atoms with Crippen LogP contribution in [0.15, 0.2) is 46.8 Å². The minimum atomic E-state index is -0.973. The zero-order valence-electron chi connectivity index (χ0n) is 20.0. The van der Waals surface area contributed by atoms with Crippen LogP contribution in [0.1, 0.15) is 70.3 Å². The van der Waals surface area contributed by atoms with Crippen LogP contribution in [0.2, 0.25) is 0 Å². The molecule has 34 heavy (non-hydrogen) atoms. The topological polar surface area (TPSA) is 81.7 Å². The van der Waals surface area contributed by atoms with Gasteiger partial charge in [0.15, 0.2) is 5.78 Å². The van der Waals surface area contributed by atoms with Gasteiger partial charge >= 0.3 is 11.9 Å². The Labute approximate surface area is 199 Å². The summed E-state index contributed by atoms with van der Waals surface area (Å²) in [5.41, 5.74) is 2.34. The van der Waals surface area contributed by atoms with Gasteiger partial charge in [0, 0.05) is 22.9 Å². The van der Waals surface area contributed by atoms with E-state index in [2.05, 4.69) is 5.32 Å². The number of ketones is 1. The van der Waals surface area contributed by atoms with Gasteiger partial charge in [-0.1, -0.05) is 31.9 Å². The maximum atomic E-state index is 14.3. The van der Waals surface area contributed by atoms with Crippen molar-refractivity contribution in [3.8, 4) is 0 Å². The number of nitrogens with one attached hydrogen (secondary N) is 1. The Morgan fingerprint density at radius 1 is 1.12 bits per heavy atom. The van der Waals surface area contributed by atoms with Gasteiger partial charge in [-0.25, -0.2) is 9.18 Å². The number of hydrogen-bond acceptors (Lipinski definition) is 6. The molecule has 7 heteroatoms. The Kier molecular flexibility index (Phi) is 7.19.